The van der Waals surface area contributed by atoms with Crippen molar-refractivity contribution in [2.24, 2.45) is 0 Å². The minimum atomic E-state index is 0.118. The minimum absolute atomic E-state index is 0.118. The van der Waals surface area contributed by atoms with Gasteiger partial charge in [-0.05, 0) is 46.0 Å². The third-order valence-corrected chi connectivity index (χ3v) is 4.94. The maximum absolute atomic E-state index is 12.1. The van der Waals surface area contributed by atoms with Gasteiger partial charge in [0.25, 0.3) is 0 Å². The number of hydrogen-bond donors (Lipinski definition) is 2. The van der Waals surface area contributed by atoms with E-state index in [9.17, 15) is 4.79 Å². The molecule has 2 N–H and O–H groups in total. The van der Waals surface area contributed by atoms with Gasteiger partial charge in [0.1, 0.15) is 11.6 Å². The molecule has 0 aromatic carbocycles. The van der Waals surface area contributed by atoms with Crippen molar-refractivity contribution in [3.63, 3.8) is 0 Å². The van der Waals surface area contributed by atoms with Crippen LogP contribution < -0.4 is 10.7 Å². The molecule has 23 heavy (non-hydrogen) atoms. The van der Waals surface area contributed by atoms with Crippen molar-refractivity contribution in [2.75, 3.05) is 5.32 Å². The molecule has 1 fully saturated rings. The van der Waals surface area contributed by atoms with Gasteiger partial charge in [-0.15, -0.1) is 0 Å². The van der Waals surface area contributed by atoms with E-state index < -0.39 is 0 Å². The molecule has 5 nitrogen and oxygen atoms in total. The van der Waals surface area contributed by atoms with Crippen LogP contribution >= 0.6 is 0 Å². The van der Waals surface area contributed by atoms with Crippen LogP contribution in [0.25, 0.3) is 0 Å². The normalized spacial score (nSPS) is 16.4. The Hall–Kier alpha value is -2.17. The molecule has 0 radical (unpaired) electrons. The van der Waals surface area contributed by atoms with Gasteiger partial charge in [0.2, 0.25) is 0 Å². The Labute approximate surface area is 135 Å². The van der Waals surface area contributed by atoms with Crippen LogP contribution in [-0.4, -0.2) is 15.0 Å². The summed E-state index contributed by atoms with van der Waals surface area (Å²) < 4.78 is 0. The average molecular weight is 310 g/mol. The standard InChI is InChI=1S/C18H22N4O/c1-10-8-19-15(11(2)16(10)23)9-20-18-13-4-3-5-14(13)21-17(22-18)12-6-7-12/h8,12H,3-7,9H2,1-2H3,(H,19,23)(H,20,21,22). The first kappa shape index (κ1) is 14.4. The smallest absolute Gasteiger partial charge is 0.187 e. The van der Waals surface area contributed by atoms with E-state index in [-0.39, 0.29) is 5.43 Å². The topological polar surface area (TPSA) is 70.7 Å². The monoisotopic (exact) mass is 310 g/mol. The Bertz CT molecular complexity index is 821. The molecule has 0 atom stereocenters. The third kappa shape index (κ3) is 2.64. The molecule has 120 valence electrons. The van der Waals surface area contributed by atoms with E-state index in [1.54, 1.807) is 6.20 Å². The fourth-order valence-corrected chi connectivity index (χ4v) is 3.28. The number of H-pyrrole nitrogens is 1. The van der Waals surface area contributed by atoms with E-state index in [0.717, 1.165) is 47.7 Å². The van der Waals surface area contributed by atoms with Gasteiger partial charge in [-0.2, -0.15) is 0 Å². The van der Waals surface area contributed by atoms with Crippen molar-refractivity contribution in [1.82, 2.24) is 15.0 Å². The van der Waals surface area contributed by atoms with Crippen LogP contribution in [0.1, 0.15) is 59.1 Å². The van der Waals surface area contributed by atoms with Crippen molar-refractivity contribution in [3.8, 4) is 0 Å². The van der Waals surface area contributed by atoms with Gasteiger partial charge in [0.05, 0.1) is 6.54 Å². The lowest BCUT2D eigenvalue weighted by Gasteiger charge is -2.13. The van der Waals surface area contributed by atoms with Gasteiger partial charge in [0.15, 0.2) is 5.43 Å². The summed E-state index contributed by atoms with van der Waals surface area (Å²) in [5.41, 5.74) is 5.07. The molecular formula is C18H22N4O. The van der Waals surface area contributed by atoms with E-state index in [4.69, 9.17) is 9.97 Å². The summed E-state index contributed by atoms with van der Waals surface area (Å²) in [7, 11) is 0. The molecular weight excluding hydrogens is 288 g/mol. The first-order chi connectivity index (χ1) is 11.1. The SMILES string of the molecule is Cc1c[nH]c(CNc2nc(C3CC3)nc3c2CCC3)c(C)c1=O. The second kappa shape index (κ2) is 5.48. The fourth-order valence-electron chi connectivity index (χ4n) is 3.28. The van der Waals surface area contributed by atoms with Gasteiger partial charge < -0.3 is 10.3 Å². The van der Waals surface area contributed by atoms with Gasteiger partial charge in [-0.25, -0.2) is 9.97 Å². The lowest BCUT2D eigenvalue weighted by atomic mass is 10.1. The summed E-state index contributed by atoms with van der Waals surface area (Å²) in [6.07, 6.45) is 7.48. The Morgan fingerprint density at radius 3 is 2.87 bits per heavy atom. The lowest BCUT2D eigenvalue weighted by molar-refractivity contribution is 0.869. The molecule has 5 heteroatoms. The molecule has 0 spiro atoms. The van der Waals surface area contributed by atoms with Gasteiger partial charge in [-0.1, -0.05) is 0 Å². The molecule has 0 bridgehead atoms. The number of aryl methyl sites for hydroxylation is 2. The first-order valence-corrected chi connectivity index (χ1v) is 8.45. The number of nitrogens with one attached hydrogen (secondary N) is 2. The fraction of sp³-hybridized carbons (Fsp3) is 0.500. The van der Waals surface area contributed by atoms with Crippen LogP contribution in [0.3, 0.4) is 0 Å². The molecule has 0 aliphatic heterocycles. The molecule has 0 unspecified atom stereocenters. The summed E-state index contributed by atoms with van der Waals surface area (Å²) in [5.74, 6) is 2.53. The quantitative estimate of drug-likeness (QED) is 0.911. The third-order valence-electron chi connectivity index (χ3n) is 4.94. The Morgan fingerprint density at radius 2 is 2.09 bits per heavy atom. The van der Waals surface area contributed by atoms with Gasteiger partial charge in [-0.3, -0.25) is 4.79 Å². The Kier molecular flexibility index (Phi) is 3.43. The zero-order valence-electron chi connectivity index (χ0n) is 13.7. The maximum Gasteiger partial charge on any atom is 0.187 e. The van der Waals surface area contributed by atoms with E-state index in [1.807, 2.05) is 13.8 Å². The number of aromatic amines is 1. The maximum atomic E-state index is 12.1. The highest BCUT2D eigenvalue weighted by Crippen LogP contribution is 2.40. The summed E-state index contributed by atoms with van der Waals surface area (Å²) in [5, 5.41) is 3.45. The van der Waals surface area contributed by atoms with E-state index in [2.05, 4.69) is 10.3 Å². The molecule has 2 aromatic heterocycles. The van der Waals surface area contributed by atoms with Crippen molar-refractivity contribution < 1.29 is 0 Å². The van der Waals surface area contributed by atoms with Crippen LogP contribution in [0.4, 0.5) is 5.82 Å². The number of hydrogen-bond acceptors (Lipinski definition) is 4. The van der Waals surface area contributed by atoms with Crippen molar-refractivity contribution in [2.45, 2.75) is 58.4 Å². The molecule has 1 saturated carbocycles. The summed E-state index contributed by atoms with van der Waals surface area (Å²) in [6.45, 7) is 4.31. The number of rotatable bonds is 4. The first-order valence-electron chi connectivity index (χ1n) is 8.45. The van der Waals surface area contributed by atoms with Crippen molar-refractivity contribution in [1.29, 1.82) is 0 Å². The largest absolute Gasteiger partial charge is 0.364 e. The molecule has 2 aliphatic rings. The second-order valence-electron chi connectivity index (χ2n) is 6.74. The highest BCUT2D eigenvalue weighted by molar-refractivity contribution is 5.49. The second-order valence-corrected chi connectivity index (χ2v) is 6.74. The van der Waals surface area contributed by atoms with Gasteiger partial charge in [0, 0.05) is 40.2 Å². The Morgan fingerprint density at radius 1 is 1.26 bits per heavy atom. The van der Waals surface area contributed by atoms with Crippen molar-refractivity contribution >= 4 is 5.82 Å². The number of pyridine rings is 1. The van der Waals surface area contributed by atoms with E-state index >= 15 is 0 Å². The highest BCUT2D eigenvalue weighted by atomic mass is 16.1. The molecule has 0 amide bonds. The van der Waals surface area contributed by atoms with Crippen LogP contribution in [-0.2, 0) is 19.4 Å². The van der Waals surface area contributed by atoms with Crippen LogP contribution in [0.2, 0.25) is 0 Å². The zero-order valence-corrected chi connectivity index (χ0v) is 13.7. The number of anilines is 1. The highest BCUT2D eigenvalue weighted by Gasteiger charge is 2.29. The van der Waals surface area contributed by atoms with Crippen LogP contribution in [0.15, 0.2) is 11.0 Å². The van der Waals surface area contributed by atoms with E-state index in [0.29, 0.717) is 12.5 Å². The minimum Gasteiger partial charge on any atom is -0.364 e. The average Bonchev–Trinajstić information content (AvgIpc) is 3.29. The predicted octanol–water partition coefficient (Wildman–Crippen LogP) is 2.76. The summed E-state index contributed by atoms with van der Waals surface area (Å²) in [4.78, 5) is 24.8. The number of nitrogens with zero attached hydrogens (tertiary/aromatic N) is 2. The van der Waals surface area contributed by atoms with Gasteiger partial charge >= 0.3 is 0 Å². The predicted molar refractivity (Wildman–Crippen MR) is 89.9 cm³/mol. The number of fused-ring (bicyclic) bond motifs is 1. The zero-order chi connectivity index (χ0) is 16.0. The molecule has 2 aromatic rings. The molecule has 0 saturated heterocycles. The summed E-state index contributed by atoms with van der Waals surface area (Å²) >= 11 is 0. The lowest BCUT2D eigenvalue weighted by Crippen LogP contribution is -2.16. The van der Waals surface area contributed by atoms with Crippen LogP contribution in [0.5, 0.6) is 0 Å². The Balaban J connectivity index is 1.62. The summed E-state index contributed by atoms with van der Waals surface area (Å²) in [6, 6.07) is 0. The molecule has 4 rings (SSSR count). The van der Waals surface area contributed by atoms with Crippen LogP contribution in [0, 0.1) is 13.8 Å². The molecule has 2 heterocycles. The number of aromatic nitrogens is 3. The molecule has 2 aliphatic carbocycles. The van der Waals surface area contributed by atoms with E-state index in [1.165, 1.54) is 24.1 Å². The van der Waals surface area contributed by atoms with Crippen molar-refractivity contribution in [3.05, 3.63) is 50.3 Å².